The summed E-state index contributed by atoms with van der Waals surface area (Å²) in [5.41, 5.74) is 1.87. The van der Waals surface area contributed by atoms with Gasteiger partial charge in [-0.05, 0) is 29.5 Å². The first-order valence-electron chi connectivity index (χ1n) is 4.82. The van der Waals surface area contributed by atoms with Gasteiger partial charge in [0.1, 0.15) is 10.4 Å². The minimum Gasteiger partial charge on any atom is -0.383 e. The second kappa shape index (κ2) is 5.07. The van der Waals surface area contributed by atoms with E-state index < -0.39 is 6.10 Å². The summed E-state index contributed by atoms with van der Waals surface area (Å²) in [7, 11) is 0. The van der Waals surface area contributed by atoms with Crippen molar-refractivity contribution in [2.75, 3.05) is 0 Å². The van der Waals surface area contributed by atoms with Crippen molar-refractivity contribution in [3.63, 3.8) is 0 Å². The first-order chi connectivity index (χ1) is 7.63. The average molecular weight is 293 g/mol. The fourth-order valence-electron chi connectivity index (χ4n) is 1.56. The van der Waals surface area contributed by atoms with Crippen LogP contribution in [0, 0.1) is 0 Å². The lowest BCUT2D eigenvalue weighted by molar-refractivity contribution is 0.224. The zero-order chi connectivity index (χ0) is 11.7. The first kappa shape index (κ1) is 12.4. The molecule has 1 atom stereocenters. The molecule has 0 fully saturated rings. The van der Waals surface area contributed by atoms with Gasteiger partial charge < -0.3 is 5.11 Å². The zero-order valence-corrected chi connectivity index (χ0v) is 11.7. The molecule has 0 amide bonds. The second-order valence-corrected chi connectivity index (χ2v) is 6.58. The summed E-state index contributed by atoms with van der Waals surface area (Å²) in [6.45, 7) is 2.07. The van der Waals surface area contributed by atoms with Crippen LogP contribution in [0.2, 0.25) is 8.67 Å². The van der Waals surface area contributed by atoms with Crippen molar-refractivity contribution in [2.45, 2.75) is 19.4 Å². The molecule has 0 aromatic carbocycles. The molecule has 0 radical (unpaired) electrons. The Kier molecular flexibility index (Phi) is 3.93. The molecule has 86 valence electrons. The van der Waals surface area contributed by atoms with Gasteiger partial charge in [0.15, 0.2) is 0 Å². The first-order valence-corrected chi connectivity index (χ1v) is 7.27. The van der Waals surface area contributed by atoms with Crippen LogP contribution in [0.1, 0.15) is 29.0 Å². The van der Waals surface area contributed by atoms with Gasteiger partial charge in [0, 0.05) is 10.4 Å². The molecule has 0 aliphatic heterocycles. The number of halogens is 2. The predicted octanol–water partition coefficient (Wildman–Crippen LogP) is 4.76. The molecule has 0 saturated carbocycles. The van der Waals surface area contributed by atoms with Gasteiger partial charge in [-0.2, -0.15) is 0 Å². The van der Waals surface area contributed by atoms with E-state index in [-0.39, 0.29) is 0 Å². The van der Waals surface area contributed by atoms with E-state index in [1.807, 2.05) is 11.4 Å². The minimum absolute atomic E-state index is 0.563. The van der Waals surface area contributed by atoms with Crippen LogP contribution in [0.4, 0.5) is 0 Å². The molecule has 5 heteroatoms. The largest absolute Gasteiger partial charge is 0.383 e. The van der Waals surface area contributed by atoms with Crippen molar-refractivity contribution < 1.29 is 5.11 Å². The Morgan fingerprint density at radius 2 is 2.19 bits per heavy atom. The third-order valence-corrected chi connectivity index (χ3v) is 4.92. The van der Waals surface area contributed by atoms with Crippen molar-refractivity contribution in [2.24, 2.45) is 0 Å². The molecule has 1 unspecified atom stereocenters. The van der Waals surface area contributed by atoms with E-state index in [0.29, 0.717) is 14.2 Å². The lowest BCUT2D eigenvalue weighted by atomic mass is 10.1. The maximum Gasteiger partial charge on any atom is 0.116 e. The molecule has 1 N–H and O–H groups in total. The predicted molar refractivity (Wildman–Crippen MR) is 72.1 cm³/mol. The molecule has 0 aliphatic carbocycles. The number of hydrogen-bond acceptors (Lipinski definition) is 3. The summed E-state index contributed by atoms with van der Waals surface area (Å²) in [5.74, 6) is 0. The molecule has 2 heterocycles. The molecule has 0 bridgehead atoms. The van der Waals surface area contributed by atoms with Crippen LogP contribution >= 0.6 is 45.9 Å². The molecule has 2 aromatic heterocycles. The summed E-state index contributed by atoms with van der Waals surface area (Å²) in [4.78, 5) is 0.957. The summed E-state index contributed by atoms with van der Waals surface area (Å²) in [5, 5.41) is 12.2. The highest BCUT2D eigenvalue weighted by Crippen LogP contribution is 2.39. The second-order valence-electron chi connectivity index (χ2n) is 3.35. The number of aliphatic hydroxyl groups is 1. The molecular weight excluding hydrogens is 283 g/mol. The summed E-state index contributed by atoms with van der Waals surface area (Å²) in [6, 6.07) is 3.77. The Morgan fingerprint density at radius 3 is 2.75 bits per heavy atom. The lowest BCUT2D eigenvalue weighted by Crippen LogP contribution is -1.98. The van der Waals surface area contributed by atoms with Crippen LogP contribution in [0.25, 0.3) is 0 Å². The van der Waals surface area contributed by atoms with Crippen LogP contribution in [0.5, 0.6) is 0 Å². The summed E-state index contributed by atoms with van der Waals surface area (Å²) >= 11 is 14.7. The summed E-state index contributed by atoms with van der Waals surface area (Å²) < 4.78 is 1.17. The molecule has 2 aromatic rings. The number of aryl methyl sites for hydroxylation is 1. The van der Waals surface area contributed by atoms with Crippen molar-refractivity contribution >= 4 is 45.9 Å². The quantitative estimate of drug-likeness (QED) is 0.865. The lowest BCUT2D eigenvalue weighted by Gasteiger charge is -2.09. The maximum absolute atomic E-state index is 10.3. The normalized spacial score (nSPS) is 13.0. The van der Waals surface area contributed by atoms with Gasteiger partial charge in [0.2, 0.25) is 0 Å². The van der Waals surface area contributed by atoms with Gasteiger partial charge in [-0.3, -0.25) is 0 Å². The van der Waals surface area contributed by atoms with Gasteiger partial charge in [-0.25, -0.2) is 0 Å². The number of rotatable bonds is 3. The van der Waals surface area contributed by atoms with Crippen molar-refractivity contribution in [3.05, 3.63) is 42.2 Å². The fraction of sp³-hybridized carbons (Fsp3) is 0.273. The van der Waals surface area contributed by atoms with E-state index >= 15 is 0 Å². The van der Waals surface area contributed by atoms with E-state index in [2.05, 4.69) is 6.92 Å². The maximum atomic E-state index is 10.3. The molecule has 1 nitrogen and oxygen atoms in total. The van der Waals surface area contributed by atoms with Crippen LogP contribution in [-0.4, -0.2) is 5.11 Å². The Labute approximate surface area is 112 Å². The Balaban J connectivity index is 2.38. The average Bonchev–Trinajstić information content (AvgIpc) is 2.83. The topological polar surface area (TPSA) is 20.2 Å². The van der Waals surface area contributed by atoms with E-state index in [9.17, 15) is 5.11 Å². The highest BCUT2D eigenvalue weighted by atomic mass is 35.5. The van der Waals surface area contributed by atoms with Gasteiger partial charge in [-0.1, -0.05) is 30.1 Å². The van der Waals surface area contributed by atoms with Crippen molar-refractivity contribution in [1.82, 2.24) is 0 Å². The van der Waals surface area contributed by atoms with E-state index in [1.54, 1.807) is 17.4 Å². The van der Waals surface area contributed by atoms with Crippen LogP contribution in [0.3, 0.4) is 0 Å². The number of thiophene rings is 2. The third-order valence-electron chi connectivity index (χ3n) is 2.39. The Hall–Kier alpha value is -0.0600. The number of hydrogen-bond donors (Lipinski definition) is 1. The zero-order valence-electron chi connectivity index (χ0n) is 8.54. The Bertz CT molecular complexity index is 490. The van der Waals surface area contributed by atoms with Crippen LogP contribution in [-0.2, 0) is 6.42 Å². The molecule has 2 rings (SSSR count). The van der Waals surface area contributed by atoms with Gasteiger partial charge >= 0.3 is 0 Å². The highest BCUT2D eigenvalue weighted by Gasteiger charge is 2.20. The molecular formula is C11H10Cl2OS2. The molecule has 0 saturated heterocycles. The van der Waals surface area contributed by atoms with E-state index in [4.69, 9.17) is 23.2 Å². The number of aliphatic hydroxyl groups excluding tert-OH is 1. The third kappa shape index (κ3) is 2.29. The molecule has 0 aliphatic rings. The van der Waals surface area contributed by atoms with Crippen LogP contribution in [0.15, 0.2) is 17.5 Å². The van der Waals surface area contributed by atoms with E-state index in [1.165, 1.54) is 11.3 Å². The molecule has 16 heavy (non-hydrogen) atoms. The minimum atomic E-state index is -0.661. The summed E-state index contributed by atoms with van der Waals surface area (Å²) in [6.07, 6.45) is 0.247. The molecule has 0 spiro atoms. The monoisotopic (exact) mass is 292 g/mol. The van der Waals surface area contributed by atoms with Crippen LogP contribution < -0.4 is 0 Å². The fourth-order valence-corrected chi connectivity index (χ4v) is 4.08. The standard InChI is InChI=1S/C11H10Cl2OS2/c1-2-6-3-4-15-10(6)9(14)7-5-8(12)16-11(7)13/h3-5,9,14H,2H2,1H3. The van der Waals surface area contributed by atoms with E-state index in [0.717, 1.165) is 16.9 Å². The SMILES string of the molecule is CCc1ccsc1C(O)c1cc(Cl)sc1Cl. The smallest absolute Gasteiger partial charge is 0.116 e. The highest BCUT2D eigenvalue weighted by molar-refractivity contribution is 7.20. The van der Waals surface area contributed by atoms with Crippen molar-refractivity contribution in [3.8, 4) is 0 Å². The van der Waals surface area contributed by atoms with Gasteiger partial charge in [0.25, 0.3) is 0 Å². The van der Waals surface area contributed by atoms with Crippen molar-refractivity contribution in [1.29, 1.82) is 0 Å². The Morgan fingerprint density at radius 1 is 1.44 bits per heavy atom. The van der Waals surface area contributed by atoms with Gasteiger partial charge in [-0.15, -0.1) is 22.7 Å². The van der Waals surface area contributed by atoms with Gasteiger partial charge in [0.05, 0.1) is 4.34 Å².